The molecule has 2 fully saturated rings. The van der Waals surface area contributed by atoms with Crippen LogP contribution in [0.15, 0.2) is 0 Å². The van der Waals surface area contributed by atoms with Crippen molar-refractivity contribution in [2.24, 2.45) is 5.92 Å². The van der Waals surface area contributed by atoms with Gasteiger partial charge in [0.05, 0.1) is 0 Å². The zero-order valence-corrected chi connectivity index (χ0v) is 16.1. The molecule has 0 aliphatic carbocycles. The highest BCUT2D eigenvalue weighted by molar-refractivity contribution is 7.99. The maximum atomic E-state index is 12.0. The average molecular weight is 372 g/mol. The summed E-state index contributed by atoms with van der Waals surface area (Å²) in [4.78, 5) is 14.5. The average Bonchev–Trinajstić information content (AvgIpc) is 2.46. The van der Waals surface area contributed by atoms with Crippen LogP contribution in [0.1, 0.15) is 33.1 Å². The third-order valence-electron chi connectivity index (χ3n) is 4.30. The molecule has 22 heavy (non-hydrogen) atoms. The summed E-state index contributed by atoms with van der Waals surface area (Å²) in [5.41, 5.74) is 0. The van der Waals surface area contributed by atoms with Gasteiger partial charge in [0.1, 0.15) is 0 Å². The van der Waals surface area contributed by atoms with E-state index in [2.05, 4.69) is 29.4 Å². The van der Waals surface area contributed by atoms with Crippen LogP contribution in [-0.2, 0) is 4.79 Å². The molecule has 2 atom stereocenters. The van der Waals surface area contributed by atoms with Gasteiger partial charge < -0.3 is 15.5 Å². The molecule has 2 aliphatic rings. The Kier molecular flexibility index (Phi) is 12.0. The Labute approximate surface area is 151 Å². The van der Waals surface area contributed by atoms with Gasteiger partial charge in [0, 0.05) is 49.6 Å². The molecule has 0 saturated carbocycles. The van der Waals surface area contributed by atoms with Crippen LogP contribution >= 0.6 is 36.6 Å². The summed E-state index contributed by atoms with van der Waals surface area (Å²) in [6.07, 6.45) is 3.15. The topological polar surface area (TPSA) is 44.4 Å². The Balaban J connectivity index is 0.00000220. The van der Waals surface area contributed by atoms with Gasteiger partial charge in [-0.2, -0.15) is 11.8 Å². The number of carbonyl (C=O) groups excluding carboxylic acids is 1. The maximum Gasteiger partial charge on any atom is 0.221 e. The Morgan fingerprint density at radius 2 is 2.18 bits per heavy atom. The van der Waals surface area contributed by atoms with E-state index in [0.717, 1.165) is 25.4 Å². The summed E-state index contributed by atoms with van der Waals surface area (Å²) in [6.45, 7) is 8.75. The summed E-state index contributed by atoms with van der Waals surface area (Å²) < 4.78 is 0. The molecule has 7 heteroatoms. The van der Waals surface area contributed by atoms with E-state index in [-0.39, 0.29) is 30.7 Å². The molecule has 2 N–H and O–H groups in total. The summed E-state index contributed by atoms with van der Waals surface area (Å²) in [5.74, 6) is 3.08. The summed E-state index contributed by atoms with van der Waals surface area (Å²) in [6, 6.07) is 0.990. The molecule has 0 aromatic rings. The first-order valence-electron chi connectivity index (χ1n) is 7.97. The number of piperidine rings is 1. The van der Waals surface area contributed by atoms with E-state index in [1.54, 1.807) is 0 Å². The Bertz CT molecular complexity index is 315. The third kappa shape index (κ3) is 7.73. The van der Waals surface area contributed by atoms with E-state index in [1.807, 2.05) is 11.8 Å². The predicted octanol–water partition coefficient (Wildman–Crippen LogP) is 2.16. The highest BCUT2D eigenvalue weighted by Gasteiger charge is 2.22. The van der Waals surface area contributed by atoms with E-state index >= 15 is 0 Å². The molecule has 0 aromatic carbocycles. The molecule has 2 saturated heterocycles. The number of likely N-dealkylation sites (tertiary alicyclic amines) is 1. The van der Waals surface area contributed by atoms with Gasteiger partial charge >= 0.3 is 0 Å². The molecule has 1 amide bonds. The zero-order chi connectivity index (χ0) is 14.4. The van der Waals surface area contributed by atoms with Gasteiger partial charge in [-0.05, 0) is 39.2 Å². The van der Waals surface area contributed by atoms with E-state index in [9.17, 15) is 4.79 Å². The molecule has 2 rings (SSSR count). The van der Waals surface area contributed by atoms with Crippen LogP contribution in [0.4, 0.5) is 0 Å². The van der Waals surface area contributed by atoms with Crippen LogP contribution in [0.25, 0.3) is 0 Å². The monoisotopic (exact) mass is 371 g/mol. The molecule has 0 bridgehead atoms. The fourth-order valence-electron chi connectivity index (χ4n) is 3.04. The molecule has 0 aromatic heterocycles. The van der Waals surface area contributed by atoms with Crippen molar-refractivity contribution in [1.29, 1.82) is 0 Å². The number of nitrogens with one attached hydrogen (secondary N) is 2. The van der Waals surface area contributed by atoms with Crippen LogP contribution < -0.4 is 10.6 Å². The number of hydrogen-bond acceptors (Lipinski definition) is 4. The maximum absolute atomic E-state index is 12.0. The largest absolute Gasteiger partial charge is 0.356 e. The molecule has 132 valence electrons. The number of rotatable bonds is 5. The second kappa shape index (κ2) is 11.8. The molecule has 0 spiro atoms. The van der Waals surface area contributed by atoms with Crippen molar-refractivity contribution in [3.05, 3.63) is 0 Å². The van der Waals surface area contributed by atoms with Crippen LogP contribution in [-0.4, -0.2) is 60.6 Å². The van der Waals surface area contributed by atoms with Crippen molar-refractivity contribution < 1.29 is 4.79 Å². The van der Waals surface area contributed by atoms with Crippen molar-refractivity contribution in [3.63, 3.8) is 0 Å². The van der Waals surface area contributed by atoms with Crippen molar-refractivity contribution in [2.75, 3.05) is 37.7 Å². The Morgan fingerprint density at radius 3 is 2.82 bits per heavy atom. The minimum absolute atomic E-state index is 0. The first-order chi connectivity index (χ1) is 9.65. The van der Waals surface area contributed by atoms with E-state index in [4.69, 9.17) is 0 Å². The van der Waals surface area contributed by atoms with Crippen LogP contribution in [0, 0.1) is 5.92 Å². The van der Waals surface area contributed by atoms with Gasteiger partial charge in [0.15, 0.2) is 0 Å². The fraction of sp³-hybridized carbons (Fsp3) is 0.933. The standard InChI is InChI=1S/C15H29N3OS.2ClH/c1-12(2)18-6-3-4-13(10-18)9-17-15(19)8-14-11-20-7-5-16-14;;/h12-14,16H,3-11H2,1-2H3,(H,17,19);2*1H. The number of hydrogen-bond donors (Lipinski definition) is 2. The van der Waals surface area contributed by atoms with Crippen molar-refractivity contribution >= 4 is 42.5 Å². The van der Waals surface area contributed by atoms with Gasteiger partial charge in [-0.25, -0.2) is 0 Å². The van der Waals surface area contributed by atoms with Crippen LogP contribution in [0.3, 0.4) is 0 Å². The summed E-state index contributed by atoms with van der Waals surface area (Å²) in [5, 5.41) is 6.56. The van der Waals surface area contributed by atoms with Gasteiger partial charge in [-0.3, -0.25) is 4.79 Å². The Morgan fingerprint density at radius 1 is 1.41 bits per heavy atom. The first-order valence-corrected chi connectivity index (χ1v) is 9.12. The van der Waals surface area contributed by atoms with E-state index in [0.29, 0.717) is 24.4 Å². The highest BCUT2D eigenvalue weighted by Crippen LogP contribution is 2.17. The fourth-order valence-corrected chi connectivity index (χ4v) is 3.99. The zero-order valence-electron chi connectivity index (χ0n) is 13.7. The highest BCUT2D eigenvalue weighted by atomic mass is 35.5. The molecule has 0 radical (unpaired) electrons. The van der Waals surface area contributed by atoms with Gasteiger partial charge in [0.2, 0.25) is 5.91 Å². The second-order valence-electron chi connectivity index (χ2n) is 6.33. The lowest BCUT2D eigenvalue weighted by atomic mass is 9.97. The lowest BCUT2D eigenvalue weighted by Crippen LogP contribution is -2.45. The van der Waals surface area contributed by atoms with Crippen molar-refractivity contribution in [1.82, 2.24) is 15.5 Å². The van der Waals surface area contributed by atoms with E-state index < -0.39 is 0 Å². The normalized spacial score (nSPS) is 26.0. The quantitative estimate of drug-likeness (QED) is 0.776. The predicted molar refractivity (Wildman–Crippen MR) is 101 cm³/mol. The van der Waals surface area contributed by atoms with Gasteiger partial charge in [-0.1, -0.05) is 0 Å². The van der Waals surface area contributed by atoms with Crippen molar-refractivity contribution in [2.45, 2.75) is 45.2 Å². The lowest BCUT2D eigenvalue weighted by molar-refractivity contribution is -0.121. The molecular weight excluding hydrogens is 341 g/mol. The van der Waals surface area contributed by atoms with E-state index in [1.165, 1.54) is 25.1 Å². The summed E-state index contributed by atoms with van der Waals surface area (Å²) in [7, 11) is 0. The number of nitrogens with zero attached hydrogens (tertiary/aromatic N) is 1. The van der Waals surface area contributed by atoms with Gasteiger partial charge in [0.25, 0.3) is 0 Å². The van der Waals surface area contributed by atoms with Crippen LogP contribution in [0.5, 0.6) is 0 Å². The minimum atomic E-state index is 0. The smallest absolute Gasteiger partial charge is 0.221 e. The number of carbonyl (C=O) groups is 1. The molecule has 2 aliphatic heterocycles. The molecule has 2 unspecified atom stereocenters. The SMILES string of the molecule is CC(C)N1CCCC(CNC(=O)CC2CSCCN2)C1.Cl.Cl. The number of halogens is 2. The number of thioether (sulfide) groups is 1. The first kappa shape index (κ1) is 22.3. The van der Waals surface area contributed by atoms with Crippen LogP contribution in [0.2, 0.25) is 0 Å². The lowest BCUT2D eigenvalue weighted by Gasteiger charge is -2.35. The second-order valence-corrected chi connectivity index (χ2v) is 7.48. The third-order valence-corrected chi connectivity index (χ3v) is 5.43. The van der Waals surface area contributed by atoms with Gasteiger partial charge in [-0.15, -0.1) is 24.8 Å². The minimum Gasteiger partial charge on any atom is -0.356 e. The molecule has 4 nitrogen and oxygen atoms in total. The molecular formula is C15H31Cl2N3OS. The van der Waals surface area contributed by atoms with Crippen molar-refractivity contribution in [3.8, 4) is 0 Å². The Hall–Kier alpha value is 0.320. The molecule has 2 heterocycles. The summed E-state index contributed by atoms with van der Waals surface area (Å²) >= 11 is 1.95. The number of amides is 1.